The van der Waals surface area contributed by atoms with Gasteiger partial charge in [-0.1, -0.05) is 36.7 Å². The lowest BCUT2D eigenvalue weighted by Crippen LogP contribution is -2.49. The predicted molar refractivity (Wildman–Crippen MR) is 191 cm³/mol. The second-order valence-corrected chi connectivity index (χ2v) is 17.9. The first-order valence-corrected chi connectivity index (χ1v) is 20.0. The number of rotatable bonds is 6. The zero-order chi connectivity index (χ0) is 34.3. The van der Waals surface area contributed by atoms with Crippen LogP contribution in [0.2, 0.25) is 5.02 Å². The van der Waals surface area contributed by atoms with Gasteiger partial charge in [-0.15, -0.1) is 0 Å². The Bertz CT molecular complexity index is 1760. The van der Waals surface area contributed by atoms with Gasteiger partial charge in [-0.3, -0.25) is 9.59 Å². The number of methoxy groups -OCH3 is 2. The van der Waals surface area contributed by atoms with E-state index in [9.17, 15) is 13.8 Å². The molecule has 5 aliphatic rings. The molecule has 0 unspecified atom stereocenters. The van der Waals surface area contributed by atoms with Gasteiger partial charge in [0.25, 0.3) is 0 Å². The van der Waals surface area contributed by atoms with Gasteiger partial charge < -0.3 is 19.1 Å². The zero-order valence-corrected chi connectivity index (χ0v) is 30.3. The van der Waals surface area contributed by atoms with Crippen LogP contribution in [0.1, 0.15) is 73.5 Å². The average molecular weight is 710 g/mol. The number of amides is 1. The lowest BCUT2D eigenvalue weighted by atomic mass is 9.68. The largest absolute Gasteiger partial charge is 0.489 e. The quantitative estimate of drug-likeness (QED) is 0.315. The van der Waals surface area contributed by atoms with Crippen LogP contribution < -0.4 is 9.64 Å². The number of halogens is 1. The number of aryl methyl sites for hydroxylation is 1. The Morgan fingerprint density at radius 1 is 1.18 bits per heavy atom. The highest BCUT2D eigenvalue weighted by molar-refractivity contribution is 7.94. The minimum Gasteiger partial charge on any atom is -0.489 e. The zero-order valence-electron chi connectivity index (χ0n) is 28.8. The van der Waals surface area contributed by atoms with Crippen molar-refractivity contribution in [3.63, 3.8) is 0 Å². The minimum absolute atomic E-state index is 0.0446. The van der Waals surface area contributed by atoms with Crippen molar-refractivity contribution in [3.05, 3.63) is 64.3 Å². The molecule has 2 saturated carbocycles. The molecule has 1 aromatic heterocycles. The van der Waals surface area contributed by atoms with Crippen molar-refractivity contribution in [1.29, 1.82) is 0 Å². The number of nitrogens with zero attached hydrogens (tertiary/aromatic N) is 3. The molecule has 2 aromatic rings. The van der Waals surface area contributed by atoms with Gasteiger partial charge in [0.2, 0.25) is 0 Å². The Hall–Kier alpha value is -2.79. The molecular formula is C38H48ClN3O6S. The summed E-state index contributed by atoms with van der Waals surface area (Å²) in [7, 11) is 0.201. The maximum Gasteiger partial charge on any atom is 0.303 e. The highest BCUT2D eigenvalue weighted by Gasteiger charge is 2.45. The number of aromatic nitrogens is 1. The van der Waals surface area contributed by atoms with Crippen molar-refractivity contribution in [3.8, 4) is 5.75 Å². The maximum absolute atomic E-state index is 14.5. The van der Waals surface area contributed by atoms with Crippen LogP contribution in [-0.4, -0.2) is 78.5 Å². The number of anilines is 1. The molecule has 7 rings (SSSR count). The van der Waals surface area contributed by atoms with Gasteiger partial charge in [-0.2, -0.15) is 4.36 Å². The summed E-state index contributed by atoms with van der Waals surface area (Å²) in [5.41, 5.74) is 2.36. The lowest BCUT2D eigenvalue weighted by molar-refractivity contribution is -0.117. The van der Waals surface area contributed by atoms with Crippen molar-refractivity contribution in [2.45, 2.75) is 75.9 Å². The third-order valence-corrected chi connectivity index (χ3v) is 14.0. The van der Waals surface area contributed by atoms with E-state index in [4.69, 9.17) is 30.8 Å². The van der Waals surface area contributed by atoms with Gasteiger partial charge in [-0.25, -0.2) is 9.19 Å². The van der Waals surface area contributed by atoms with Crippen LogP contribution in [0, 0.1) is 23.7 Å². The molecule has 11 heteroatoms. The minimum atomic E-state index is -3.21. The molecule has 3 aliphatic carbocycles. The van der Waals surface area contributed by atoms with Crippen molar-refractivity contribution in [2.75, 3.05) is 50.3 Å². The molecule has 1 spiro atoms. The van der Waals surface area contributed by atoms with Gasteiger partial charge in [0.15, 0.2) is 11.6 Å². The smallest absolute Gasteiger partial charge is 0.303 e. The maximum atomic E-state index is 14.5. The number of ether oxygens (including phenoxy) is 3. The molecule has 2 bridgehead atoms. The third kappa shape index (κ3) is 7.34. The molecular weight excluding hydrogens is 662 g/mol. The van der Waals surface area contributed by atoms with E-state index in [-0.39, 0.29) is 58.9 Å². The number of hydrogen-bond donors (Lipinski definition) is 0. The molecule has 0 N–H and O–H groups in total. The number of ketones is 1. The summed E-state index contributed by atoms with van der Waals surface area (Å²) < 4.78 is 36.8. The van der Waals surface area contributed by atoms with Crippen molar-refractivity contribution in [2.24, 2.45) is 28.0 Å². The molecule has 1 aromatic carbocycles. The number of allylic oxidation sites excluding steroid dienone is 1. The summed E-state index contributed by atoms with van der Waals surface area (Å²) in [6.45, 7) is 3.91. The Balaban J connectivity index is 1.27. The Morgan fingerprint density at radius 2 is 2.04 bits per heavy atom. The molecule has 2 fully saturated rings. The molecule has 0 saturated heterocycles. The third-order valence-electron chi connectivity index (χ3n) is 11.4. The van der Waals surface area contributed by atoms with Crippen molar-refractivity contribution < 1.29 is 28.0 Å². The summed E-state index contributed by atoms with van der Waals surface area (Å²) in [6.07, 6.45) is 11.1. The second kappa shape index (κ2) is 14.1. The second-order valence-electron chi connectivity index (χ2n) is 15.1. The standard InChI is InChI=1S/C38H48ClN3O6S/c1-24-6-4-8-33(46-2)30-11-9-26(30)19-42-22-38(15-5-7-25-16-28(39)10-12-31(25)38)23-48-34-14-13-32(40-36(34)42)37(44)41-49(45,20-24)21-29(43)17-27-18-35(27)47-3/h4,8,10,12-14,16,24,26-27,30,33,35H,5-7,9,11,15,17-23H2,1-3H3/b8-4+/t24-,26-,27-,30+,33-,35-,38-,49+/m0/s1. The molecule has 3 heterocycles. The van der Waals surface area contributed by atoms with E-state index in [0.717, 1.165) is 50.1 Å². The molecule has 49 heavy (non-hydrogen) atoms. The molecule has 264 valence electrons. The number of benzene rings is 1. The summed E-state index contributed by atoms with van der Waals surface area (Å²) in [5.74, 6) is 1.10. The highest BCUT2D eigenvalue weighted by atomic mass is 35.5. The van der Waals surface area contributed by atoms with Gasteiger partial charge in [-0.05, 0) is 104 Å². The van der Waals surface area contributed by atoms with Gasteiger partial charge >= 0.3 is 5.91 Å². The van der Waals surface area contributed by atoms with E-state index in [1.807, 2.05) is 13.0 Å². The first-order valence-electron chi connectivity index (χ1n) is 17.8. The van der Waals surface area contributed by atoms with E-state index in [1.165, 1.54) is 11.1 Å². The van der Waals surface area contributed by atoms with Crippen LogP contribution in [0.25, 0.3) is 0 Å². The van der Waals surface area contributed by atoms with Crippen LogP contribution in [0.5, 0.6) is 5.75 Å². The fraction of sp³-hybridized carbons (Fsp3) is 0.605. The molecule has 8 atom stereocenters. The summed E-state index contributed by atoms with van der Waals surface area (Å²) >= 11 is 6.44. The van der Waals surface area contributed by atoms with E-state index in [1.54, 1.807) is 26.4 Å². The van der Waals surface area contributed by atoms with E-state index in [0.29, 0.717) is 43.0 Å². The monoisotopic (exact) mass is 709 g/mol. The molecule has 1 amide bonds. The van der Waals surface area contributed by atoms with Crippen LogP contribution >= 0.6 is 11.6 Å². The molecule has 9 nitrogen and oxygen atoms in total. The van der Waals surface area contributed by atoms with E-state index < -0.39 is 15.6 Å². The predicted octanol–water partition coefficient (Wildman–Crippen LogP) is 6.45. The van der Waals surface area contributed by atoms with E-state index in [2.05, 4.69) is 33.5 Å². The van der Waals surface area contributed by atoms with Crippen molar-refractivity contribution >= 4 is 38.8 Å². The highest BCUT2D eigenvalue weighted by Crippen LogP contribution is 2.46. The van der Waals surface area contributed by atoms with Gasteiger partial charge in [0, 0.05) is 49.9 Å². The van der Waals surface area contributed by atoms with Gasteiger partial charge in [0.1, 0.15) is 11.5 Å². The normalized spacial score (nSPS) is 34.8. The fourth-order valence-electron chi connectivity index (χ4n) is 8.64. The summed E-state index contributed by atoms with van der Waals surface area (Å²) in [6, 6.07) is 9.63. The van der Waals surface area contributed by atoms with Crippen LogP contribution in [0.4, 0.5) is 5.82 Å². The summed E-state index contributed by atoms with van der Waals surface area (Å²) in [5, 5.41) is 0.738. The number of fused-ring (bicyclic) bond motifs is 4. The van der Waals surface area contributed by atoms with Gasteiger partial charge in [0.05, 0.1) is 34.3 Å². The number of pyridine rings is 1. The SMILES string of the molecule is CO[C@H]1/C=C/C[C@H](C)C[S@@](=O)(CC(=O)C[C@H]2C[C@@H]2OC)=NC(=O)c2ccc3c(n2)N(C[C@@H]2CC[C@H]21)C[C@@]1(CCCc2cc(Cl)ccc21)CO3. The average Bonchev–Trinajstić information content (AvgIpc) is 3.83. The van der Waals surface area contributed by atoms with Crippen LogP contribution in [0.15, 0.2) is 46.8 Å². The van der Waals surface area contributed by atoms with Crippen molar-refractivity contribution in [1.82, 2.24) is 4.98 Å². The molecule has 2 aliphatic heterocycles. The number of carbonyl (C=O) groups is 2. The first kappa shape index (κ1) is 34.6. The van der Waals surface area contributed by atoms with Crippen LogP contribution in [-0.2, 0) is 35.8 Å². The Labute approximate surface area is 295 Å². The summed E-state index contributed by atoms with van der Waals surface area (Å²) in [4.78, 5) is 34.3. The van der Waals surface area contributed by atoms with Crippen LogP contribution in [0.3, 0.4) is 0 Å². The lowest BCUT2D eigenvalue weighted by Gasteiger charge is -2.45. The number of Topliss-reactive ketones (excluding diaryl/α,β-unsaturated/α-hetero) is 1. The molecule has 0 radical (unpaired) electrons. The fourth-order valence-corrected chi connectivity index (χ4v) is 11.1. The van der Waals surface area contributed by atoms with E-state index >= 15 is 0 Å². The number of hydrogen-bond acceptors (Lipinski definition) is 8. The Morgan fingerprint density at radius 3 is 2.80 bits per heavy atom. The number of carbonyl (C=O) groups excluding carboxylic acids is 2. The first-order chi connectivity index (χ1) is 23.6. The topological polar surface area (TPSA) is 107 Å². The Kier molecular flexibility index (Phi) is 9.96.